The van der Waals surface area contributed by atoms with E-state index in [-0.39, 0.29) is 0 Å². The Morgan fingerprint density at radius 2 is 1.86 bits per heavy atom. The maximum atomic E-state index is 3.77. The van der Waals surface area contributed by atoms with Gasteiger partial charge in [0, 0.05) is 25.2 Å². The van der Waals surface area contributed by atoms with Crippen molar-refractivity contribution in [2.45, 2.75) is 45.2 Å². The first-order chi connectivity index (χ1) is 6.65. The highest BCUT2D eigenvalue weighted by Crippen LogP contribution is 2.26. The van der Waals surface area contributed by atoms with Crippen LogP contribution in [0, 0.1) is 11.8 Å². The third kappa shape index (κ3) is 2.71. The minimum absolute atomic E-state index is 0.758. The van der Waals surface area contributed by atoms with Crippen LogP contribution in [0.1, 0.15) is 33.1 Å². The lowest BCUT2D eigenvalue weighted by Crippen LogP contribution is -2.49. The van der Waals surface area contributed by atoms with E-state index in [9.17, 15) is 0 Å². The molecule has 82 valence electrons. The lowest BCUT2D eigenvalue weighted by atomic mass is 9.86. The van der Waals surface area contributed by atoms with Crippen molar-refractivity contribution >= 4 is 0 Å². The Hall–Kier alpha value is -0.0800. The molecule has 2 heteroatoms. The molecule has 0 amide bonds. The summed E-state index contributed by atoms with van der Waals surface area (Å²) in [4.78, 5) is 2.49. The molecule has 14 heavy (non-hydrogen) atoms. The topological polar surface area (TPSA) is 15.3 Å². The fourth-order valence-electron chi connectivity index (χ4n) is 2.55. The first-order valence-electron chi connectivity index (χ1n) is 6.09. The number of likely N-dealkylation sites (N-methyl/N-ethyl adjacent to an activating group) is 1. The van der Waals surface area contributed by atoms with Crippen LogP contribution in [0.3, 0.4) is 0 Å². The quantitative estimate of drug-likeness (QED) is 0.739. The molecule has 0 bridgehead atoms. The fourth-order valence-corrected chi connectivity index (χ4v) is 2.55. The maximum absolute atomic E-state index is 3.77. The maximum Gasteiger partial charge on any atom is 0.0200 e. The first-order valence-corrected chi connectivity index (χ1v) is 6.09. The van der Waals surface area contributed by atoms with Crippen molar-refractivity contribution in [3.63, 3.8) is 0 Å². The van der Waals surface area contributed by atoms with Crippen molar-refractivity contribution in [1.29, 1.82) is 0 Å². The second-order valence-electron chi connectivity index (χ2n) is 5.60. The standard InChI is InChI=1S/C12H24N2/c1-9(2)10-6-12(8-14(3)7-10)13-11-4-5-11/h9-13H,4-8H2,1-3H3. The zero-order valence-corrected chi connectivity index (χ0v) is 9.79. The molecule has 2 nitrogen and oxygen atoms in total. The second-order valence-corrected chi connectivity index (χ2v) is 5.60. The molecule has 2 fully saturated rings. The highest BCUT2D eigenvalue weighted by molar-refractivity contribution is 4.90. The van der Waals surface area contributed by atoms with Crippen LogP contribution >= 0.6 is 0 Å². The van der Waals surface area contributed by atoms with Gasteiger partial charge in [-0.3, -0.25) is 0 Å². The number of nitrogens with zero attached hydrogens (tertiary/aromatic N) is 1. The lowest BCUT2D eigenvalue weighted by molar-refractivity contribution is 0.138. The summed E-state index contributed by atoms with van der Waals surface area (Å²) in [5.74, 6) is 1.73. The summed E-state index contributed by atoms with van der Waals surface area (Å²) >= 11 is 0. The van der Waals surface area contributed by atoms with E-state index in [4.69, 9.17) is 0 Å². The van der Waals surface area contributed by atoms with E-state index in [2.05, 4.69) is 31.1 Å². The van der Waals surface area contributed by atoms with Gasteiger partial charge in [-0.15, -0.1) is 0 Å². The summed E-state index contributed by atoms with van der Waals surface area (Å²) in [7, 11) is 2.26. The smallest absolute Gasteiger partial charge is 0.0200 e. The van der Waals surface area contributed by atoms with Crippen LogP contribution in [0.5, 0.6) is 0 Å². The van der Waals surface area contributed by atoms with E-state index < -0.39 is 0 Å². The molecule has 0 aromatic rings. The van der Waals surface area contributed by atoms with Gasteiger partial charge in [0.15, 0.2) is 0 Å². The Balaban J connectivity index is 1.84. The Bertz CT molecular complexity index is 185. The van der Waals surface area contributed by atoms with E-state index in [1.807, 2.05) is 0 Å². The number of hydrogen-bond donors (Lipinski definition) is 1. The molecule has 2 aliphatic rings. The summed E-state index contributed by atoms with van der Waals surface area (Å²) in [6.07, 6.45) is 4.21. The Kier molecular flexibility index (Phi) is 3.13. The number of likely N-dealkylation sites (tertiary alicyclic amines) is 1. The largest absolute Gasteiger partial charge is 0.310 e. The minimum Gasteiger partial charge on any atom is -0.310 e. The van der Waals surface area contributed by atoms with Gasteiger partial charge in [-0.1, -0.05) is 13.8 Å². The molecular weight excluding hydrogens is 172 g/mol. The van der Waals surface area contributed by atoms with Crippen LogP contribution in [0.25, 0.3) is 0 Å². The highest BCUT2D eigenvalue weighted by atomic mass is 15.2. The number of piperidine rings is 1. The number of hydrogen-bond acceptors (Lipinski definition) is 2. The third-order valence-electron chi connectivity index (χ3n) is 3.66. The average molecular weight is 196 g/mol. The molecule has 0 aromatic heterocycles. The van der Waals surface area contributed by atoms with E-state index in [0.29, 0.717) is 0 Å². The fraction of sp³-hybridized carbons (Fsp3) is 1.00. The molecule has 2 rings (SSSR count). The molecule has 0 spiro atoms. The van der Waals surface area contributed by atoms with Crippen molar-refractivity contribution in [3.8, 4) is 0 Å². The zero-order valence-electron chi connectivity index (χ0n) is 9.79. The van der Waals surface area contributed by atoms with Gasteiger partial charge in [0.25, 0.3) is 0 Å². The second kappa shape index (κ2) is 4.19. The molecule has 1 saturated carbocycles. The normalized spacial score (nSPS) is 35.1. The van der Waals surface area contributed by atoms with Gasteiger partial charge < -0.3 is 10.2 Å². The molecule has 2 unspecified atom stereocenters. The first kappa shape index (κ1) is 10.4. The molecule has 2 atom stereocenters. The average Bonchev–Trinajstić information content (AvgIpc) is 2.87. The lowest BCUT2D eigenvalue weighted by Gasteiger charge is -2.38. The number of rotatable bonds is 3. The third-order valence-corrected chi connectivity index (χ3v) is 3.66. The minimum atomic E-state index is 0.758. The molecule has 1 aliphatic carbocycles. The summed E-state index contributed by atoms with van der Waals surface area (Å²) in [6.45, 7) is 7.26. The van der Waals surface area contributed by atoms with Gasteiger partial charge in [0.05, 0.1) is 0 Å². The van der Waals surface area contributed by atoms with Gasteiger partial charge >= 0.3 is 0 Å². The van der Waals surface area contributed by atoms with E-state index >= 15 is 0 Å². The summed E-state index contributed by atoms with van der Waals surface area (Å²) < 4.78 is 0. The van der Waals surface area contributed by atoms with Crippen molar-refractivity contribution in [2.75, 3.05) is 20.1 Å². The van der Waals surface area contributed by atoms with Gasteiger partial charge in [0.1, 0.15) is 0 Å². The van der Waals surface area contributed by atoms with Crippen molar-refractivity contribution in [3.05, 3.63) is 0 Å². The van der Waals surface area contributed by atoms with Crippen LogP contribution in [0.15, 0.2) is 0 Å². The summed E-state index contributed by atoms with van der Waals surface area (Å²) in [6, 6.07) is 1.62. The molecule has 1 aliphatic heterocycles. The van der Waals surface area contributed by atoms with Crippen LogP contribution in [-0.4, -0.2) is 37.1 Å². The van der Waals surface area contributed by atoms with Gasteiger partial charge in [-0.2, -0.15) is 0 Å². The van der Waals surface area contributed by atoms with E-state index in [1.165, 1.54) is 32.4 Å². The van der Waals surface area contributed by atoms with Crippen LogP contribution < -0.4 is 5.32 Å². The monoisotopic (exact) mass is 196 g/mol. The Labute approximate surface area is 88.1 Å². The Morgan fingerprint density at radius 3 is 2.43 bits per heavy atom. The summed E-state index contributed by atoms with van der Waals surface area (Å²) in [5, 5.41) is 3.77. The van der Waals surface area contributed by atoms with Gasteiger partial charge in [-0.25, -0.2) is 0 Å². The van der Waals surface area contributed by atoms with Crippen molar-refractivity contribution < 1.29 is 0 Å². The van der Waals surface area contributed by atoms with E-state index in [1.54, 1.807) is 0 Å². The van der Waals surface area contributed by atoms with Crippen molar-refractivity contribution in [1.82, 2.24) is 10.2 Å². The molecule has 0 aromatic carbocycles. The van der Waals surface area contributed by atoms with Gasteiger partial charge in [-0.05, 0) is 38.1 Å². The molecule has 0 radical (unpaired) electrons. The van der Waals surface area contributed by atoms with Crippen LogP contribution in [0.2, 0.25) is 0 Å². The number of nitrogens with one attached hydrogen (secondary N) is 1. The van der Waals surface area contributed by atoms with Crippen LogP contribution in [-0.2, 0) is 0 Å². The zero-order chi connectivity index (χ0) is 10.1. The highest BCUT2D eigenvalue weighted by Gasteiger charge is 2.31. The Morgan fingerprint density at radius 1 is 1.14 bits per heavy atom. The molecular formula is C12H24N2. The molecule has 1 saturated heterocycles. The SMILES string of the molecule is CC(C)C1CC(NC2CC2)CN(C)C1. The van der Waals surface area contributed by atoms with Gasteiger partial charge in [0.2, 0.25) is 0 Å². The molecule has 1 N–H and O–H groups in total. The van der Waals surface area contributed by atoms with E-state index in [0.717, 1.165) is 23.9 Å². The van der Waals surface area contributed by atoms with Crippen molar-refractivity contribution in [2.24, 2.45) is 11.8 Å². The molecule has 1 heterocycles. The predicted octanol–water partition coefficient (Wildman–Crippen LogP) is 1.71. The summed E-state index contributed by atoms with van der Waals surface area (Å²) in [5.41, 5.74) is 0. The van der Waals surface area contributed by atoms with Crippen LogP contribution in [0.4, 0.5) is 0 Å². The predicted molar refractivity (Wildman–Crippen MR) is 60.4 cm³/mol.